The minimum atomic E-state index is 0.537. The number of rotatable bonds is 3. The number of fused-ring (bicyclic) bond motifs is 1. The molecule has 0 atom stereocenters. The number of aryl methyl sites for hydroxylation is 2. The second-order valence-electron chi connectivity index (χ2n) is 6.98. The molecular weight excluding hydrogens is 338 g/mol. The smallest absolute Gasteiger partial charge is 0.255 e. The first-order valence-corrected chi connectivity index (χ1v) is 9.31. The van der Waals surface area contributed by atoms with Crippen molar-refractivity contribution in [1.82, 2.24) is 24.5 Å². The van der Waals surface area contributed by atoms with E-state index in [2.05, 4.69) is 64.2 Å². The van der Waals surface area contributed by atoms with Crippen LogP contribution in [0.15, 0.2) is 24.3 Å². The first-order valence-electron chi connectivity index (χ1n) is 9.31. The van der Waals surface area contributed by atoms with Gasteiger partial charge in [0.25, 0.3) is 5.78 Å². The third-order valence-corrected chi connectivity index (χ3v) is 5.12. The number of aromatic nitrogens is 4. The van der Waals surface area contributed by atoms with Gasteiger partial charge in [-0.25, -0.2) is 0 Å². The summed E-state index contributed by atoms with van der Waals surface area (Å²) < 4.78 is 1.70. The first kappa shape index (κ1) is 17.4. The maximum Gasteiger partial charge on any atom is 0.255 e. The molecule has 7 heteroatoms. The number of anilines is 1. The molecule has 1 aliphatic rings. The van der Waals surface area contributed by atoms with Gasteiger partial charge in [-0.3, -0.25) is 0 Å². The van der Waals surface area contributed by atoms with Crippen molar-refractivity contribution in [2.45, 2.75) is 20.3 Å². The molecule has 3 aromatic rings. The fraction of sp³-hybridized carbons (Fsp3) is 0.400. The minimum Gasteiger partial charge on any atom is -0.353 e. The zero-order valence-corrected chi connectivity index (χ0v) is 16.0. The molecule has 0 aliphatic carbocycles. The van der Waals surface area contributed by atoms with Gasteiger partial charge in [0.2, 0.25) is 0 Å². The van der Waals surface area contributed by atoms with Crippen molar-refractivity contribution in [3.8, 4) is 17.3 Å². The zero-order chi connectivity index (χ0) is 19.0. The number of hydrogen-bond acceptors (Lipinski definition) is 6. The third kappa shape index (κ3) is 3.13. The van der Waals surface area contributed by atoms with Gasteiger partial charge in [0.05, 0.1) is 5.69 Å². The number of hydrogen-bond donors (Lipinski definition) is 0. The molecule has 2 aromatic heterocycles. The Morgan fingerprint density at radius 3 is 2.41 bits per heavy atom. The monoisotopic (exact) mass is 361 g/mol. The number of likely N-dealkylation sites (N-methyl/N-ethyl adjacent to an activating group) is 1. The van der Waals surface area contributed by atoms with Crippen LogP contribution in [0.1, 0.15) is 23.9 Å². The fourth-order valence-electron chi connectivity index (χ4n) is 3.50. The average molecular weight is 361 g/mol. The van der Waals surface area contributed by atoms with Gasteiger partial charge in [0.15, 0.2) is 5.82 Å². The molecule has 0 radical (unpaired) electrons. The largest absolute Gasteiger partial charge is 0.353 e. The first-order chi connectivity index (χ1) is 13.1. The van der Waals surface area contributed by atoms with Gasteiger partial charge in [0, 0.05) is 31.7 Å². The molecule has 4 rings (SSSR count). The molecule has 138 valence electrons. The van der Waals surface area contributed by atoms with Gasteiger partial charge in [-0.15, -0.1) is 5.10 Å². The molecule has 0 saturated carbocycles. The van der Waals surface area contributed by atoms with Crippen LogP contribution in [-0.4, -0.2) is 57.7 Å². The standard InChI is InChI=1S/C20H23N7/c1-4-15-5-7-16(8-6-15)18-17(13-21)19(26-11-9-25(3)10-12-26)23-20-22-14(2)24-27(18)20/h5-8H,4,9-12H2,1-3H3. The second kappa shape index (κ2) is 6.97. The van der Waals surface area contributed by atoms with Crippen LogP contribution in [-0.2, 0) is 6.42 Å². The van der Waals surface area contributed by atoms with Crippen molar-refractivity contribution in [2.24, 2.45) is 0 Å². The van der Waals surface area contributed by atoms with Crippen molar-refractivity contribution in [3.05, 3.63) is 41.2 Å². The number of piperazine rings is 1. The van der Waals surface area contributed by atoms with Crippen LogP contribution < -0.4 is 4.90 Å². The van der Waals surface area contributed by atoms with Crippen molar-refractivity contribution in [3.63, 3.8) is 0 Å². The third-order valence-electron chi connectivity index (χ3n) is 5.12. The highest BCUT2D eigenvalue weighted by molar-refractivity contribution is 5.76. The fourth-order valence-corrected chi connectivity index (χ4v) is 3.50. The van der Waals surface area contributed by atoms with Gasteiger partial charge < -0.3 is 9.80 Å². The molecule has 3 heterocycles. The van der Waals surface area contributed by atoms with Gasteiger partial charge in [0.1, 0.15) is 17.5 Å². The van der Waals surface area contributed by atoms with E-state index in [1.165, 1.54) is 5.56 Å². The maximum absolute atomic E-state index is 10.0. The predicted molar refractivity (Wildman–Crippen MR) is 105 cm³/mol. The maximum atomic E-state index is 10.0. The Morgan fingerprint density at radius 1 is 1.07 bits per heavy atom. The summed E-state index contributed by atoms with van der Waals surface area (Å²) >= 11 is 0. The van der Waals surface area contributed by atoms with E-state index in [-0.39, 0.29) is 0 Å². The van der Waals surface area contributed by atoms with E-state index in [0.717, 1.165) is 43.9 Å². The zero-order valence-electron chi connectivity index (χ0n) is 16.0. The lowest BCUT2D eigenvalue weighted by Crippen LogP contribution is -2.45. The lowest BCUT2D eigenvalue weighted by Gasteiger charge is -2.33. The summed E-state index contributed by atoms with van der Waals surface area (Å²) in [5.41, 5.74) is 3.54. The highest BCUT2D eigenvalue weighted by Crippen LogP contribution is 2.31. The predicted octanol–water partition coefficient (Wildman–Crippen LogP) is 2.29. The lowest BCUT2D eigenvalue weighted by atomic mass is 10.0. The van der Waals surface area contributed by atoms with Crippen LogP contribution in [0.3, 0.4) is 0 Å². The van der Waals surface area contributed by atoms with E-state index < -0.39 is 0 Å². The Kier molecular flexibility index (Phi) is 4.50. The summed E-state index contributed by atoms with van der Waals surface area (Å²) in [6.07, 6.45) is 0.978. The molecule has 1 aromatic carbocycles. The van der Waals surface area contributed by atoms with Gasteiger partial charge in [-0.1, -0.05) is 31.2 Å². The Labute approximate surface area is 158 Å². The summed E-state index contributed by atoms with van der Waals surface area (Å²) in [5, 5.41) is 14.5. The van der Waals surface area contributed by atoms with Gasteiger partial charge in [-0.05, 0) is 26.0 Å². The van der Waals surface area contributed by atoms with Crippen LogP contribution in [0.5, 0.6) is 0 Å². The van der Waals surface area contributed by atoms with Crippen LogP contribution >= 0.6 is 0 Å². The minimum absolute atomic E-state index is 0.537. The molecule has 1 saturated heterocycles. The lowest BCUT2D eigenvalue weighted by molar-refractivity contribution is 0.312. The molecule has 1 fully saturated rings. The van der Waals surface area contributed by atoms with E-state index in [9.17, 15) is 5.26 Å². The van der Waals surface area contributed by atoms with Crippen LogP contribution in [0.4, 0.5) is 5.82 Å². The number of benzene rings is 1. The van der Waals surface area contributed by atoms with Crippen LogP contribution in [0, 0.1) is 18.3 Å². The summed E-state index contributed by atoms with van der Waals surface area (Å²) in [7, 11) is 2.11. The molecule has 0 amide bonds. The molecule has 1 aliphatic heterocycles. The Balaban J connectivity index is 1.93. The molecule has 27 heavy (non-hydrogen) atoms. The van der Waals surface area contributed by atoms with Crippen molar-refractivity contribution in [1.29, 1.82) is 5.26 Å². The van der Waals surface area contributed by atoms with Crippen molar-refractivity contribution >= 4 is 11.6 Å². The highest BCUT2D eigenvalue weighted by atomic mass is 15.4. The molecule has 0 spiro atoms. The average Bonchev–Trinajstić information content (AvgIpc) is 3.07. The SMILES string of the molecule is CCc1ccc(-c2c(C#N)c(N3CCN(C)CC3)nc3nc(C)nn23)cc1. The van der Waals surface area contributed by atoms with E-state index >= 15 is 0 Å². The Hall–Kier alpha value is -2.98. The molecular formula is C20H23N7. The Bertz CT molecular complexity index is 1010. The van der Waals surface area contributed by atoms with Crippen molar-refractivity contribution in [2.75, 3.05) is 38.1 Å². The van der Waals surface area contributed by atoms with Gasteiger partial charge in [-0.2, -0.15) is 19.7 Å². The van der Waals surface area contributed by atoms with E-state index in [0.29, 0.717) is 23.0 Å². The topological polar surface area (TPSA) is 73.3 Å². The van der Waals surface area contributed by atoms with Crippen LogP contribution in [0.25, 0.3) is 17.0 Å². The quantitative estimate of drug-likeness (QED) is 0.713. The Morgan fingerprint density at radius 2 is 1.78 bits per heavy atom. The van der Waals surface area contributed by atoms with E-state index in [4.69, 9.17) is 4.98 Å². The summed E-state index contributed by atoms with van der Waals surface area (Å²) in [5.74, 6) is 1.89. The van der Waals surface area contributed by atoms with Crippen LogP contribution in [0.2, 0.25) is 0 Å². The summed E-state index contributed by atoms with van der Waals surface area (Å²) in [6.45, 7) is 7.56. The molecule has 0 N–H and O–H groups in total. The van der Waals surface area contributed by atoms with E-state index in [1.54, 1.807) is 4.52 Å². The number of nitriles is 1. The second-order valence-corrected chi connectivity index (χ2v) is 6.98. The molecule has 7 nitrogen and oxygen atoms in total. The molecule has 0 unspecified atom stereocenters. The number of nitrogens with zero attached hydrogens (tertiary/aromatic N) is 7. The van der Waals surface area contributed by atoms with Crippen molar-refractivity contribution < 1.29 is 0 Å². The molecule has 0 bridgehead atoms. The van der Waals surface area contributed by atoms with Gasteiger partial charge >= 0.3 is 0 Å². The van der Waals surface area contributed by atoms with E-state index in [1.807, 2.05) is 6.92 Å². The summed E-state index contributed by atoms with van der Waals surface area (Å²) in [4.78, 5) is 13.7. The highest BCUT2D eigenvalue weighted by Gasteiger charge is 2.24. The summed E-state index contributed by atoms with van der Waals surface area (Å²) in [6, 6.07) is 10.7. The normalized spacial score (nSPS) is 15.3.